The SMILES string of the molecule is O=C(COC(=O)C1(c2cccc(Cl)c2)CCC1)N1CCN(c2ccc([N+](=O)[O-])cc2)CC1. The second-order valence-electron chi connectivity index (χ2n) is 8.16. The van der Waals surface area contributed by atoms with Crippen molar-refractivity contribution in [1.82, 2.24) is 4.90 Å². The highest BCUT2D eigenvalue weighted by Gasteiger charge is 2.47. The van der Waals surface area contributed by atoms with Crippen molar-refractivity contribution in [2.24, 2.45) is 0 Å². The van der Waals surface area contributed by atoms with Crippen molar-refractivity contribution in [1.29, 1.82) is 0 Å². The molecule has 2 fully saturated rings. The molecule has 168 valence electrons. The van der Waals surface area contributed by atoms with Crippen LogP contribution < -0.4 is 4.90 Å². The summed E-state index contributed by atoms with van der Waals surface area (Å²) in [5.41, 5.74) is 1.05. The molecule has 0 bridgehead atoms. The number of halogens is 1. The van der Waals surface area contributed by atoms with Crippen molar-refractivity contribution < 1.29 is 19.2 Å². The number of non-ortho nitro benzene ring substituents is 1. The van der Waals surface area contributed by atoms with Crippen LogP contribution in [0.5, 0.6) is 0 Å². The van der Waals surface area contributed by atoms with Gasteiger partial charge in [-0.1, -0.05) is 30.2 Å². The van der Waals surface area contributed by atoms with Crippen molar-refractivity contribution >= 4 is 34.9 Å². The van der Waals surface area contributed by atoms with Crippen molar-refractivity contribution in [2.45, 2.75) is 24.7 Å². The van der Waals surface area contributed by atoms with Gasteiger partial charge in [0.05, 0.1) is 10.3 Å². The van der Waals surface area contributed by atoms with Crippen molar-refractivity contribution in [3.05, 3.63) is 69.2 Å². The Morgan fingerprint density at radius 3 is 2.31 bits per heavy atom. The van der Waals surface area contributed by atoms with Gasteiger partial charge in [-0.25, -0.2) is 0 Å². The smallest absolute Gasteiger partial charge is 0.317 e. The first-order valence-corrected chi connectivity index (χ1v) is 11.0. The van der Waals surface area contributed by atoms with Gasteiger partial charge < -0.3 is 14.5 Å². The molecule has 1 heterocycles. The fraction of sp³-hybridized carbons (Fsp3) is 0.391. The van der Waals surface area contributed by atoms with Gasteiger partial charge in [0.25, 0.3) is 11.6 Å². The zero-order valence-electron chi connectivity index (χ0n) is 17.5. The average molecular weight is 458 g/mol. The summed E-state index contributed by atoms with van der Waals surface area (Å²) >= 11 is 6.10. The topological polar surface area (TPSA) is 93.0 Å². The molecule has 0 N–H and O–H groups in total. The fourth-order valence-electron chi connectivity index (χ4n) is 4.28. The van der Waals surface area contributed by atoms with Crippen molar-refractivity contribution in [2.75, 3.05) is 37.7 Å². The zero-order valence-corrected chi connectivity index (χ0v) is 18.3. The van der Waals surface area contributed by atoms with E-state index in [-0.39, 0.29) is 24.2 Å². The van der Waals surface area contributed by atoms with E-state index in [9.17, 15) is 19.7 Å². The summed E-state index contributed by atoms with van der Waals surface area (Å²) in [5.74, 6) is -0.592. The highest BCUT2D eigenvalue weighted by Crippen LogP contribution is 2.45. The fourth-order valence-corrected chi connectivity index (χ4v) is 4.47. The van der Waals surface area contributed by atoms with E-state index in [1.54, 1.807) is 29.2 Å². The first-order valence-electron chi connectivity index (χ1n) is 10.6. The van der Waals surface area contributed by atoms with Gasteiger partial charge in [-0.3, -0.25) is 19.7 Å². The Balaban J connectivity index is 1.29. The average Bonchev–Trinajstić information content (AvgIpc) is 2.77. The second-order valence-corrected chi connectivity index (χ2v) is 8.60. The minimum absolute atomic E-state index is 0.0476. The number of hydrogen-bond acceptors (Lipinski definition) is 6. The molecule has 0 aromatic heterocycles. The molecule has 1 saturated carbocycles. The van der Waals surface area contributed by atoms with E-state index < -0.39 is 10.3 Å². The van der Waals surface area contributed by atoms with Crippen LogP contribution >= 0.6 is 11.6 Å². The number of ether oxygens (including phenoxy) is 1. The second kappa shape index (κ2) is 9.16. The molecule has 1 amide bonds. The quantitative estimate of drug-likeness (QED) is 0.374. The lowest BCUT2D eigenvalue weighted by atomic mass is 9.64. The summed E-state index contributed by atoms with van der Waals surface area (Å²) in [4.78, 5) is 39.6. The van der Waals surface area contributed by atoms with E-state index in [1.807, 2.05) is 12.1 Å². The van der Waals surface area contributed by atoms with E-state index in [2.05, 4.69) is 4.90 Å². The number of amides is 1. The summed E-state index contributed by atoms with van der Waals surface area (Å²) < 4.78 is 5.46. The Hall–Kier alpha value is -3.13. The number of nitro groups is 1. The van der Waals surface area contributed by atoms with Crippen LogP contribution in [0.2, 0.25) is 5.02 Å². The summed E-state index contributed by atoms with van der Waals surface area (Å²) in [6.07, 6.45) is 2.31. The molecule has 0 atom stereocenters. The largest absolute Gasteiger partial charge is 0.455 e. The predicted octanol–water partition coefficient (Wildman–Crippen LogP) is 3.56. The lowest BCUT2D eigenvalue weighted by Crippen LogP contribution is -2.50. The van der Waals surface area contributed by atoms with Crippen LogP contribution in [-0.2, 0) is 19.7 Å². The van der Waals surface area contributed by atoms with Crippen molar-refractivity contribution in [3.8, 4) is 0 Å². The number of esters is 1. The maximum Gasteiger partial charge on any atom is 0.317 e. The third kappa shape index (κ3) is 4.41. The standard InChI is InChI=1S/C23H24ClN3O5/c24-18-4-1-3-17(15-18)23(9-2-10-23)22(29)32-16-21(28)26-13-11-25(12-14-26)19-5-7-20(8-6-19)27(30)31/h1,3-8,15H,2,9-14,16H2. The van der Waals surface area contributed by atoms with Crippen LogP contribution in [0.25, 0.3) is 0 Å². The van der Waals surface area contributed by atoms with Crippen LogP contribution in [0.4, 0.5) is 11.4 Å². The summed E-state index contributed by atoms with van der Waals surface area (Å²) in [6.45, 7) is 1.91. The number of piperazine rings is 1. The minimum Gasteiger partial charge on any atom is -0.455 e. The lowest BCUT2D eigenvalue weighted by Gasteiger charge is -2.40. The first-order chi connectivity index (χ1) is 15.4. The molecule has 32 heavy (non-hydrogen) atoms. The number of hydrogen-bond donors (Lipinski definition) is 0. The molecule has 2 aromatic rings. The third-order valence-corrected chi connectivity index (χ3v) is 6.59. The summed E-state index contributed by atoms with van der Waals surface area (Å²) in [5, 5.41) is 11.4. The maximum atomic E-state index is 12.9. The number of carbonyl (C=O) groups excluding carboxylic acids is 2. The molecule has 1 saturated heterocycles. The Morgan fingerprint density at radius 2 is 1.75 bits per heavy atom. The summed E-state index contributed by atoms with van der Waals surface area (Å²) in [7, 11) is 0. The van der Waals surface area contributed by atoms with Gasteiger partial charge in [0.1, 0.15) is 0 Å². The summed E-state index contributed by atoms with van der Waals surface area (Å²) in [6, 6.07) is 13.6. The molecule has 4 rings (SSSR count). The molecule has 1 aliphatic carbocycles. The molecule has 1 aliphatic heterocycles. The molecule has 0 spiro atoms. The van der Waals surface area contributed by atoms with Crippen molar-refractivity contribution in [3.63, 3.8) is 0 Å². The molecule has 0 radical (unpaired) electrons. The molecule has 2 aliphatic rings. The van der Waals surface area contributed by atoms with E-state index in [1.165, 1.54) is 12.1 Å². The molecule has 9 heteroatoms. The minimum atomic E-state index is -0.709. The predicted molar refractivity (Wildman–Crippen MR) is 120 cm³/mol. The van der Waals surface area contributed by atoms with Gasteiger partial charge in [0, 0.05) is 49.0 Å². The number of nitro benzene ring substituents is 1. The van der Waals surface area contributed by atoms with Crippen LogP contribution in [0.3, 0.4) is 0 Å². The van der Waals surface area contributed by atoms with E-state index >= 15 is 0 Å². The van der Waals surface area contributed by atoms with Crippen LogP contribution in [0, 0.1) is 10.1 Å². The van der Waals surface area contributed by atoms with Crippen LogP contribution in [0.1, 0.15) is 24.8 Å². The third-order valence-electron chi connectivity index (χ3n) is 6.36. The van der Waals surface area contributed by atoms with E-state index in [0.29, 0.717) is 44.0 Å². The number of anilines is 1. The monoisotopic (exact) mass is 457 g/mol. The lowest BCUT2D eigenvalue weighted by molar-refractivity contribution is -0.384. The number of benzene rings is 2. The van der Waals surface area contributed by atoms with E-state index in [4.69, 9.17) is 16.3 Å². The van der Waals surface area contributed by atoms with Gasteiger partial charge >= 0.3 is 5.97 Å². The maximum absolute atomic E-state index is 12.9. The molecular weight excluding hydrogens is 434 g/mol. The van der Waals surface area contributed by atoms with E-state index in [0.717, 1.165) is 17.7 Å². The Morgan fingerprint density at radius 1 is 1.06 bits per heavy atom. The Bertz CT molecular complexity index is 1010. The number of carbonyl (C=O) groups is 2. The first kappa shape index (κ1) is 22.1. The number of nitrogens with zero attached hydrogens (tertiary/aromatic N) is 3. The highest BCUT2D eigenvalue weighted by molar-refractivity contribution is 6.30. The molecule has 0 unspecified atom stereocenters. The normalized spacial score (nSPS) is 17.4. The Labute approximate surface area is 190 Å². The molecule has 2 aromatic carbocycles. The highest BCUT2D eigenvalue weighted by atomic mass is 35.5. The Kier molecular flexibility index (Phi) is 6.32. The van der Waals surface area contributed by atoms with Gasteiger partial charge in [0.2, 0.25) is 0 Å². The van der Waals surface area contributed by atoms with Crippen LogP contribution in [-0.4, -0.2) is 54.5 Å². The van der Waals surface area contributed by atoms with Gasteiger partial charge in [-0.2, -0.15) is 0 Å². The van der Waals surface area contributed by atoms with Gasteiger partial charge in [0.15, 0.2) is 6.61 Å². The zero-order chi connectivity index (χ0) is 22.7. The van der Waals surface area contributed by atoms with Crippen LogP contribution in [0.15, 0.2) is 48.5 Å². The van der Waals surface area contributed by atoms with Gasteiger partial charge in [-0.15, -0.1) is 0 Å². The number of rotatable bonds is 6. The molecule has 8 nitrogen and oxygen atoms in total. The molecular formula is C23H24ClN3O5. The van der Waals surface area contributed by atoms with Gasteiger partial charge in [-0.05, 0) is 42.7 Å².